The molecule has 5 nitrogen and oxygen atoms in total. The molecule has 210 valence electrons. The van der Waals surface area contributed by atoms with Crippen molar-refractivity contribution < 1.29 is 17.2 Å². The Bertz CT molecular complexity index is 1020. The van der Waals surface area contributed by atoms with Gasteiger partial charge >= 0.3 is 0 Å². The molecule has 0 bridgehead atoms. The SMILES string of the molecule is CS(=O)(=O)OCC/C=C/CCCCCCCCc1ccc[n+](CC/C=C/CCCCCc2cccnc2)c1. The van der Waals surface area contributed by atoms with Gasteiger partial charge in [-0.2, -0.15) is 8.42 Å². The summed E-state index contributed by atoms with van der Waals surface area (Å²) in [7, 11) is -3.31. The largest absolute Gasteiger partial charge is 0.270 e. The van der Waals surface area contributed by atoms with Crippen molar-refractivity contribution in [1.29, 1.82) is 0 Å². The molecule has 0 N–H and O–H groups in total. The molecule has 0 atom stereocenters. The van der Waals surface area contributed by atoms with Gasteiger partial charge in [-0.1, -0.05) is 62.5 Å². The topological polar surface area (TPSA) is 60.1 Å². The lowest BCUT2D eigenvalue weighted by Gasteiger charge is -2.02. The Hall–Kier alpha value is -2.31. The van der Waals surface area contributed by atoms with E-state index in [1.807, 2.05) is 24.5 Å². The maximum atomic E-state index is 10.9. The number of aryl methyl sites for hydroxylation is 3. The molecule has 0 spiro atoms. The van der Waals surface area contributed by atoms with Crippen LogP contribution in [0.5, 0.6) is 0 Å². The fraction of sp³-hybridized carbons (Fsp3) is 0.562. The number of nitrogens with zero attached hydrogens (tertiary/aromatic N) is 2. The lowest BCUT2D eigenvalue weighted by molar-refractivity contribution is -0.696. The zero-order valence-electron chi connectivity index (χ0n) is 23.5. The van der Waals surface area contributed by atoms with Gasteiger partial charge in [0.05, 0.1) is 12.9 Å². The molecule has 6 heteroatoms. The zero-order valence-corrected chi connectivity index (χ0v) is 24.3. The predicted molar refractivity (Wildman–Crippen MR) is 157 cm³/mol. The van der Waals surface area contributed by atoms with Crippen molar-refractivity contribution in [3.63, 3.8) is 0 Å². The van der Waals surface area contributed by atoms with Gasteiger partial charge in [0.25, 0.3) is 10.1 Å². The summed E-state index contributed by atoms with van der Waals surface area (Å²) in [4.78, 5) is 4.18. The molecule has 0 saturated carbocycles. The molecular weight excluding hydrogens is 492 g/mol. The molecule has 38 heavy (non-hydrogen) atoms. The summed E-state index contributed by atoms with van der Waals surface area (Å²) >= 11 is 0. The van der Waals surface area contributed by atoms with Gasteiger partial charge in [-0.15, -0.1) is 0 Å². The van der Waals surface area contributed by atoms with Gasteiger partial charge in [0, 0.05) is 30.4 Å². The highest BCUT2D eigenvalue weighted by Crippen LogP contribution is 2.11. The van der Waals surface area contributed by atoms with E-state index in [0.29, 0.717) is 6.42 Å². The number of allylic oxidation sites excluding steroid dienone is 3. The summed E-state index contributed by atoms with van der Waals surface area (Å²) in [6, 6.07) is 8.62. The van der Waals surface area contributed by atoms with Crippen LogP contribution >= 0.6 is 0 Å². The van der Waals surface area contributed by atoms with E-state index in [1.165, 1.54) is 75.3 Å². The van der Waals surface area contributed by atoms with Crippen LogP contribution < -0.4 is 4.57 Å². The second-order valence-corrected chi connectivity index (χ2v) is 11.8. The second kappa shape index (κ2) is 20.6. The fourth-order valence-corrected chi connectivity index (χ4v) is 4.84. The van der Waals surface area contributed by atoms with Crippen molar-refractivity contribution in [1.82, 2.24) is 4.98 Å². The van der Waals surface area contributed by atoms with E-state index in [4.69, 9.17) is 4.18 Å². The molecule has 0 aliphatic carbocycles. The molecule has 0 amide bonds. The zero-order chi connectivity index (χ0) is 27.2. The average molecular weight is 542 g/mol. The lowest BCUT2D eigenvalue weighted by atomic mass is 10.1. The van der Waals surface area contributed by atoms with Gasteiger partial charge in [0.1, 0.15) is 0 Å². The van der Waals surface area contributed by atoms with Crippen molar-refractivity contribution in [3.8, 4) is 0 Å². The Balaban J connectivity index is 1.42. The lowest BCUT2D eigenvalue weighted by Crippen LogP contribution is -2.32. The van der Waals surface area contributed by atoms with Gasteiger partial charge in [-0.05, 0) is 75.5 Å². The summed E-state index contributed by atoms with van der Waals surface area (Å²) in [5.41, 5.74) is 2.78. The summed E-state index contributed by atoms with van der Waals surface area (Å²) in [6.45, 7) is 1.28. The van der Waals surface area contributed by atoms with Crippen molar-refractivity contribution in [2.75, 3.05) is 12.9 Å². The molecular formula is C32H49N2O3S+. The number of aromatic nitrogens is 2. The summed E-state index contributed by atoms with van der Waals surface area (Å²) in [6.07, 6.45) is 35.9. The molecule has 0 aromatic carbocycles. The van der Waals surface area contributed by atoms with Crippen LogP contribution in [-0.4, -0.2) is 26.3 Å². The fourth-order valence-electron chi connectivity index (χ4n) is 4.44. The number of rotatable bonds is 22. The Labute approximate surface area is 232 Å². The Morgan fingerprint density at radius 1 is 0.763 bits per heavy atom. The number of unbranched alkanes of at least 4 members (excludes halogenated alkanes) is 9. The van der Waals surface area contributed by atoms with E-state index in [0.717, 1.165) is 38.5 Å². The van der Waals surface area contributed by atoms with Crippen LogP contribution in [-0.2, 0) is 33.7 Å². The molecule has 0 aliphatic heterocycles. The predicted octanol–water partition coefficient (Wildman–Crippen LogP) is 7.31. The van der Waals surface area contributed by atoms with Gasteiger partial charge in [-0.3, -0.25) is 9.17 Å². The third kappa shape index (κ3) is 18.0. The first-order chi connectivity index (χ1) is 18.5. The van der Waals surface area contributed by atoms with Crippen molar-refractivity contribution in [2.45, 2.75) is 103 Å². The van der Waals surface area contributed by atoms with Crippen LogP contribution in [0.3, 0.4) is 0 Å². The maximum Gasteiger partial charge on any atom is 0.264 e. The van der Waals surface area contributed by atoms with E-state index in [1.54, 1.807) is 0 Å². The highest BCUT2D eigenvalue weighted by atomic mass is 32.2. The van der Waals surface area contributed by atoms with E-state index in [-0.39, 0.29) is 6.61 Å². The molecule has 0 aliphatic rings. The molecule has 0 fully saturated rings. The van der Waals surface area contributed by atoms with Crippen molar-refractivity contribution in [2.24, 2.45) is 0 Å². The number of hydrogen-bond acceptors (Lipinski definition) is 4. The van der Waals surface area contributed by atoms with Crippen LogP contribution in [0.15, 0.2) is 73.4 Å². The molecule has 2 aromatic heterocycles. The third-order valence-electron chi connectivity index (χ3n) is 6.53. The first kappa shape index (κ1) is 31.9. The molecule has 0 saturated heterocycles. The molecule has 2 rings (SSSR count). The average Bonchev–Trinajstić information content (AvgIpc) is 2.90. The third-order valence-corrected chi connectivity index (χ3v) is 7.13. The van der Waals surface area contributed by atoms with Crippen molar-refractivity contribution >= 4 is 10.1 Å². The summed E-state index contributed by atoms with van der Waals surface area (Å²) in [5.74, 6) is 0. The first-order valence-electron chi connectivity index (χ1n) is 14.5. The van der Waals surface area contributed by atoms with Crippen LogP contribution in [0.2, 0.25) is 0 Å². The van der Waals surface area contributed by atoms with Crippen molar-refractivity contribution in [3.05, 3.63) is 84.5 Å². The van der Waals surface area contributed by atoms with Crippen LogP contribution in [0, 0.1) is 0 Å². The smallest absolute Gasteiger partial charge is 0.264 e. The quantitative estimate of drug-likeness (QED) is 0.0678. The van der Waals surface area contributed by atoms with Gasteiger partial charge in [0.15, 0.2) is 18.9 Å². The summed E-state index contributed by atoms with van der Waals surface area (Å²) in [5, 5.41) is 0. The number of hydrogen-bond donors (Lipinski definition) is 0. The van der Waals surface area contributed by atoms with E-state index >= 15 is 0 Å². The van der Waals surface area contributed by atoms with E-state index in [2.05, 4.69) is 58.4 Å². The Kier molecular flexibility index (Phi) is 17.3. The van der Waals surface area contributed by atoms with Gasteiger partial charge in [-0.25, -0.2) is 4.57 Å². The first-order valence-corrected chi connectivity index (χ1v) is 16.4. The highest BCUT2D eigenvalue weighted by molar-refractivity contribution is 7.85. The minimum atomic E-state index is -3.31. The van der Waals surface area contributed by atoms with E-state index < -0.39 is 10.1 Å². The summed E-state index contributed by atoms with van der Waals surface area (Å²) < 4.78 is 28.8. The highest BCUT2D eigenvalue weighted by Gasteiger charge is 2.02. The van der Waals surface area contributed by atoms with Gasteiger partial charge in [0.2, 0.25) is 0 Å². The monoisotopic (exact) mass is 541 g/mol. The minimum absolute atomic E-state index is 0.239. The maximum absolute atomic E-state index is 10.9. The van der Waals surface area contributed by atoms with Gasteiger partial charge < -0.3 is 0 Å². The molecule has 0 radical (unpaired) electrons. The van der Waals surface area contributed by atoms with Crippen LogP contribution in [0.1, 0.15) is 94.6 Å². The molecule has 2 aromatic rings. The Morgan fingerprint density at radius 2 is 1.37 bits per heavy atom. The Morgan fingerprint density at radius 3 is 2.08 bits per heavy atom. The standard InChI is InChI=1S/C32H49N2O3S/c1-38(35,36)37-28-18-14-10-5-3-2-4-7-12-16-22-32-24-20-27-34(30-32)26-17-13-9-6-8-11-15-21-31-23-19-25-33-29-31/h9-10,13-14,19-20,23-25,27,29-30H,2-8,11-12,15-18,21-22,26,28H2,1H3/q+1/b13-9+,14-10+. The second-order valence-electron chi connectivity index (χ2n) is 10.1. The molecule has 2 heterocycles. The number of pyridine rings is 2. The van der Waals surface area contributed by atoms with E-state index in [9.17, 15) is 8.42 Å². The van der Waals surface area contributed by atoms with Crippen LogP contribution in [0.25, 0.3) is 0 Å². The van der Waals surface area contributed by atoms with Crippen LogP contribution in [0.4, 0.5) is 0 Å². The normalized spacial score (nSPS) is 12.1. The molecule has 0 unspecified atom stereocenters. The minimum Gasteiger partial charge on any atom is -0.270 e.